The molecule has 33 heavy (non-hydrogen) atoms. The van der Waals surface area contributed by atoms with Crippen molar-refractivity contribution in [3.8, 4) is 5.75 Å². The van der Waals surface area contributed by atoms with Crippen LogP contribution in [-0.4, -0.2) is 30.6 Å². The molecule has 4 aromatic rings. The number of sulfonamides is 1. The summed E-state index contributed by atoms with van der Waals surface area (Å²) in [4.78, 5) is 28.1. The molecule has 2 aromatic carbocycles. The van der Waals surface area contributed by atoms with Crippen LogP contribution >= 0.6 is 11.3 Å². The third-order valence-corrected chi connectivity index (χ3v) is 7.95. The first-order chi connectivity index (χ1) is 15.8. The number of carbonyl (C=O) groups excluding carboxylic acids is 1. The van der Waals surface area contributed by atoms with Crippen molar-refractivity contribution in [3.05, 3.63) is 92.4 Å². The van der Waals surface area contributed by atoms with E-state index in [0.717, 1.165) is 10.3 Å². The van der Waals surface area contributed by atoms with Crippen molar-refractivity contribution in [3.63, 3.8) is 0 Å². The summed E-state index contributed by atoms with van der Waals surface area (Å²) in [6.45, 7) is 1.44. The predicted octanol–water partition coefficient (Wildman–Crippen LogP) is 4.19. The molecule has 2 aromatic heterocycles. The van der Waals surface area contributed by atoms with Crippen LogP contribution in [0.3, 0.4) is 0 Å². The number of hydrogen-bond donors (Lipinski definition) is 1. The van der Waals surface area contributed by atoms with Gasteiger partial charge < -0.3 is 9.72 Å². The predicted molar refractivity (Wildman–Crippen MR) is 128 cm³/mol. The fourth-order valence-electron chi connectivity index (χ4n) is 3.47. The number of hydrogen-bond acceptors (Lipinski definition) is 6. The Morgan fingerprint density at radius 3 is 2.45 bits per heavy atom. The molecule has 0 aliphatic rings. The second-order valence-electron chi connectivity index (χ2n) is 7.51. The van der Waals surface area contributed by atoms with Gasteiger partial charge >= 0.3 is 0 Å². The third-order valence-electron chi connectivity index (χ3n) is 5.29. The molecule has 0 amide bonds. The highest BCUT2D eigenvalue weighted by Crippen LogP contribution is 2.24. The molecule has 170 valence electrons. The van der Waals surface area contributed by atoms with Crippen molar-refractivity contribution in [1.82, 2.24) is 9.29 Å². The zero-order chi connectivity index (χ0) is 23.6. The van der Waals surface area contributed by atoms with Crippen LogP contribution in [0.15, 0.2) is 75.7 Å². The largest absolute Gasteiger partial charge is 0.497 e. The first-order valence-electron chi connectivity index (χ1n) is 10.1. The Morgan fingerprint density at radius 2 is 1.82 bits per heavy atom. The van der Waals surface area contributed by atoms with Crippen molar-refractivity contribution >= 4 is 38.0 Å². The normalized spacial score (nSPS) is 11.7. The molecule has 0 unspecified atom stereocenters. The van der Waals surface area contributed by atoms with E-state index in [2.05, 4.69) is 4.98 Å². The second kappa shape index (κ2) is 9.30. The zero-order valence-electron chi connectivity index (χ0n) is 18.1. The number of nitrogens with zero attached hydrogens (tertiary/aromatic N) is 1. The monoisotopic (exact) mass is 482 g/mol. The topological polar surface area (TPSA) is 96.5 Å². The minimum atomic E-state index is -3.94. The summed E-state index contributed by atoms with van der Waals surface area (Å²) in [7, 11) is -2.40. The van der Waals surface area contributed by atoms with Crippen molar-refractivity contribution < 1.29 is 17.9 Å². The van der Waals surface area contributed by atoms with E-state index in [9.17, 15) is 18.0 Å². The number of nitrogens with one attached hydrogen (secondary N) is 1. The lowest BCUT2D eigenvalue weighted by atomic mass is 10.1. The third kappa shape index (κ3) is 4.90. The Bertz CT molecular complexity index is 1460. The number of ether oxygens (including phenoxy) is 1. The van der Waals surface area contributed by atoms with E-state index in [1.807, 2.05) is 23.6 Å². The van der Waals surface area contributed by atoms with Gasteiger partial charge in [0.05, 0.1) is 17.5 Å². The van der Waals surface area contributed by atoms with Crippen LogP contribution in [0.4, 0.5) is 0 Å². The number of fused-ring (bicyclic) bond motifs is 1. The minimum absolute atomic E-state index is 0.0611. The summed E-state index contributed by atoms with van der Waals surface area (Å²) in [6.07, 6.45) is 0. The number of Topliss-reactive ketones (excluding diaryl/α,β-unsaturated/α-hetero) is 1. The van der Waals surface area contributed by atoms with Crippen LogP contribution < -0.4 is 10.3 Å². The number of carbonyl (C=O) groups is 1. The van der Waals surface area contributed by atoms with Crippen molar-refractivity contribution in [2.45, 2.75) is 24.9 Å². The van der Waals surface area contributed by atoms with Gasteiger partial charge in [-0.05, 0) is 54.1 Å². The fraction of sp³-hybridized carbons (Fsp3) is 0.167. The Morgan fingerprint density at radius 1 is 1.06 bits per heavy atom. The van der Waals surface area contributed by atoms with Gasteiger partial charge in [-0.2, -0.15) is 4.31 Å². The Kier molecular flexibility index (Phi) is 6.46. The number of aromatic amines is 1. The molecule has 0 saturated heterocycles. The molecule has 4 rings (SSSR count). The van der Waals surface area contributed by atoms with Crippen LogP contribution in [0.2, 0.25) is 0 Å². The van der Waals surface area contributed by atoms with Gasteiger partial charge in [0, 0.05) is 35.2 Å². The average Bonchev–Trinajstić information content (AvgIpc) is 3.32. The maximum Gasteiger partial charge on any atom is 0.252 e. The maximum absolute atomic E-state index is 13.5. The summed E-state index contributed by atoms with van der Waals surface area (Å²) in [5.74, 6) is 0.468. The summed E-state index contributed by atoms with van der Waals surface area (Å²) in [6, 6.07) is 16.5. The molecule has 9 heteroatoms. The number of thiophene rings is 1. The molecular formula is C24H22N2O5S2. The van der Waals surface area contributed by atoms with Crippen LogP contribution in [-0.2, 0) is 23.1 Å². The van der Waals surface area contributed by atoms with Gasteiger partial charge in [0.2, 0.25) is 10.0 Å². The average molecular weight is 483 g/mol. The van der Waals surface area contributed by atoms with Crippen LogP contribution in [0.5, 0.6) is 5.75 Å². The molecule has 0 radical (unpaired) electrons. The van der Waals surface area contributed by atoms with E-state index in [1.54, 1.807) is 25.3 Å². The van der Waals surface area contributed by atoms with E-state index in [4.69, 9.17) is 4.74 Å². The van der Waals surface area contributed by atoms with Gasteiger partial charge in [-0.3, -0.25) is 9.59 Å². The van der Waals surface area contributed by atoms with Crippen molar-refractivity contribution in [1.29, 1.82) is 0 Å². The summed E-state index contributed by atoms with van der Waals surface area (Å²) in [5.41, 5.74) is 0.998. The number of methoxy groups -OCH3 is 1. The molecule has 7 nitrogen and oxygen atoms in total. The summed E-state index contributed by atoms with van der Waals surface area (Å²) >= 11 is 1.44. The smallest absolute Gasteiger partial charge is 0.252 e. The molecule has 0 fully saturated rings. The van der Waals surface area contributed by atoms with Crippen LogP contribution in [0.1, 0.15) is 27.7 Å². The quantitative estimate of drug-likeness (QED) is 0.380. The van der Waals surface area contributed by atoms with Crippen molar-refractivity contribution in [2.75, 3.05) is 7.11 Å². The van der Waals surface area contributed by atoms with E-state index in [1.165, 1.54) is 46.8 Å². The van der Waals surface area contributed by atoms with Gasteiger partial charge in [0.25, 0.3) is 5.56 Å². The number of aromatic nitrogens is 1. The highest BCUT2D eigenvalue weighted by Gasteiger charge is 2.26. The van der Waals surface area contributed by atoms with E-state index in [0.29, 0.717) is 22.4 Å². The molecule has 0 spiro atoms. The number of rotatable bonds is 8. The first kappa shape index (κ1) is 22.9. The molecule has 0 saturated carbocycles. The highest BCUT2D eigenvalue weighted by atomic mass is 32.2. The number of benzene rings is 2. The lowest BCUT2D eigenvalue weighted by molar-refractivity contribution is 0.101. The van der Waals surface area contributed by atoms with E-state index >= 15 is 0 Å². The molecule has 0 aliphatic carbocycles. The minimum Gasteiger partial charge on any atom is -0.497 e. The zero-order valence-corrected chi connectivity index (χ0v) is 19.7. The van der Waals surface area contributed by atoms with E-state index < -0.39 is 10.0 Å². The summed E-state index contributed by atoms with van der Waals surface area (Å²) in [5, 5.41) is 2.64. The molecule has 1 N–H and O–H groups in total. The van der Waals surface area contributed by atoms with Crippen molar-refractivity contribution in [2.24, 2.45) is 0 Å². The Hall–Kier alpha value is -3.27. The maximum atomic E-state index is 13.5. The number of H-pyrrole nitrogens is 1. The van der Waals surface area contributed by atoms with Gasteiger partial charge in [-0.1, -0.05) is 18.2 Å². The van der Waals surface area contributed by atoms with Gasteiger partial charge in [0.15, 0.2) is 5.78 Å². The van der Waals surface area contributed by atoms with E-state index in [-0.39, 0.29) is 29.3 Å². The number of pyridine rings is 1. The summed E-state index contributed by atoms with van der Waals surface area (Å²) < 4.78 is 33.5. The molecule has 0 bridgehead atoms. The van der Waals surface area contributed by atoms with Crippen LogP contribution in [0, 0.1) is 0 Å². The lowest BCUT2D eigenvalue weighted by Crippen LogP contribution is -2.32. The molecule has 0 atom stereocenters. The van der Waals surface area contributed by atoms with Crippen LogP contribution in [0.25, 0.3) is 10.9 Å². The molecule has 0 aliphatic heterocycles. The SMILES string of the molecule is COc1ccc2cc(CN(Cc3cccs3)S(=O)(=O)c3ccc(C(C)=O)cc3)c(=O)[nH]c2c1. The standard InChI is InChI=1S/C24H22N2O5S2/c1-16(27)17-6-9-22(10-7-17)33(29,30)26(15-21-4-3-11-32-21)14-19-12-18-5-8-20(31-2)13-23(18)25-24(19)28/h3-13H,14-15H2,1-2H3,(H,25,28). The highest BCUT2D eigenvalue weighted by molar-refractivity contribution is 7.89. The first-order valence-corrected chi connectivity index (χ1v) is 12.4. The molecular weight excluding hydrogens is 460 g/mol. The fourth-order valence-corrected chi connectivity index (χ4v) is 5.67. The Labute approximate surface area is 195 Å². The van der Waals surface area contributed by atoms with Gasteiger partial charge in [-0.25, -0.2) is 8.42 Å². The van der Waals surface area contributed by atoms with Gasteiger partial charge in [0.1, 0.15) is 5.75 Å². The Balaban J connectivity index is 1.74. The number of ketones is 1. The van der Waals surface area contributed by atoms with Gasteiger partial charge in [-0.15, -0.1) is 11.3 Å². The second-order valence-corrected chi connectivity index (χ2v) is 10.5. The lowest BCUT2D eigenvalue weighted by Gasteiger charge is -2.22. The molecule has 2 heterocycles.